The van der Waals surface area contributed by atoms with Gasteiger partial charge in [0.25, 0.3) is 0 Å². The monoisotopic (exact) mass is 259 g/mol. The first kappa shape index (κ1) is 14.4. The van der Waals surface area contributed by atoms with Crippen LogP contribution in [-0.4, -0.2) is 30.6 Å². The summed E-state index contributed by atoms with van der Waals surface area (Å²) >= 11 is 0. The summed E-state index contributed by atoms with van der Waals surface area (Å²) in [5, 5.41) is 0. The standard InChI is InChI=1S/C13H18FNO.ClH/c1-9-8-16-13(10(2)15(9)3)11-4-6-12(14)7-5-11;/h4-7,9-10,13H,8H2,1-3H3;1H/t9-,10+,13-;/m1./s1. The van der Waals surface area contributed by atoms with Crippen molar-refractivity contribution < 1.29 is 9.13 Å². The van der Waals surface area contributed by atoms with Crippen molar-refractivity contribution in [2.45, 2.75) is 32.0 Å². The molecule has 1 heterocycles. The lowest BCUT2D eigenvalue weighted by Gasteiger charge is -2.41. The molecule has 17 heavy (non-hydrogen) atoms. The Morgan fingerprint density at radius 2 is 1.82 bits per heavy atom. The average Bonchev–Trinajstić information content (AvgIpc) is 2.28. The molecule has 0 spiro atoms. The van der Waals surface area contributed by atoms with Crippen LogP contribution in [0.1, 0.15) is 25.5 Å². The molecule has 1 aromatic carbocycles. The smallest absolute Gasteiger partial charge is 0.123 e. The minimum Gasteiger partial charge on any atom is -0.370 e. The molecule has 4 heteroatoms. The van der Waals surface area contributed by atoms with E-state index in [1.165, 1.54) is 12.1 Å². The first-order chi connectivity index (χ1) is 7.59. The van der Waals surface area contributed by atoms with Crippen LogP contribution in [0.3, 0.4) is 0 Å². The molecular weight excluding hydrogens is 241 g/mol. The Bertz CT molecular complexity index is 357. The summed E-state index contributed by atoms with van der Waals surface area (Å²) in [5.41, 5.74) is 1.05. The maximum atomic E-state index is 12.8. The van der Waals surface area contributed by atoms with E-state index in [4.69, 9.17) is 4.74 Å². The van der Waals surface area contributed by atoms with Gasteiger partial charge in [0.2, 0.25) is 0 Å². The molecule has 1 fully saturated rings. The van der Waals surface area contributed by atoms with Gasteiger partial charge in [-0.25, -0.2) is 4.39 Å². The van der Waals surface area contributed by atoms with Gasteiger partial charge in [0, 0.05) is 12.1 Å². The van der Waals surface area contributed by atoms with Crippen LogP contribution in [0.15, 0.2) is 24.3 Å². The van der Waals surface area contributed by atoms with Crippen LogP contribution in [-0.2, 0) is 4.74 Å². The SMILES string of the molecule is C[C@@H]1CO[C@@H](c2ccc(F)cc2)[C@H](C)N1C.Cl. The highest BCUT2D eigenvalue weighted by Crippen LogP contribution is 2.29. The number of rotatable bonds is 1. The van der Waals surface area contributed by atoms with Gasteiger partial charge in [0.15, 0.2) is 0 Å². The fourth-order valence-electron chi connectivity index (χ4n) is 2.14. The first-order valence-electron chi connectivity index (χ1n) is 5.68. The average molecular weight is 260 g/mol. The van der Waals surface area contributed by atoms with Gasteiger partial charge in [-0.15, -0.1) is 12.4 Å². The number of morpholine rings is 1. The number of halogens is 2. The summed E-state index contributed by atoms with van der Waals surface area (Å²) in [5.74, 6) is -0.200. The number of hydrogen-bond donors (Lipinski definition) is 0. The molecule has 0 aliphatic carbocycles. The molecular formula is C13H19ClFNO. The van der Waals surface area contributed by atoms with Gasteiger partial charge < -0.3 is 4.74 Å². The van der Waals surface area contributed by atoms with Gasteiger partial charge in [-0.05, 0) is 38.6 Å². The molecule has 2 rings (SSSR count). The fourth-order valence-corrected chi connectivity index (χ4v) is 2.14. The summed E-state index contributed by atoms with van der Waals surface area (Å²) in [6, 6.07) is 7.34. The molecule has 1 aliphatic rings. The predicted octanol–water partition coefficient (Wildman–Crippen LogP) is 3.03. The zero-order chi connectivity index (χ0) is 11.7. The Kier molecular flexibility index (Phi) is 4.92. The summed E-state index contributed by atoms with van der Waals surface area (Å²) in [4.78, 5) is 2.30. The number of hydrogen-bond acceptors (Lipinski definition) is 2. The topological polar surface area (TPSA) is 12.5 Å². The van der Waals surface area contributed by atoms with Crippen LogP contribution in [0, 0.1) is 5.82 Å². The van der Waals surface area contributed by atoms with Crippen LogP contribution in [0.4, 0.5) is 4.39 Å². The van der Waals surface area contributed by atoms with E-state index in [1.54, 1.807) is 12.1 Å². The van der Waals surface area contributed by atoms with Crippen molar-refractivity contribution in [3.8, 4) is 0 Å². The Morgan fingerprint density at radius 3 is 2.41 bits per heavy atom. The van der Waals surface area contributed by atoms with E-state index in [1.807, 2.05) is 0 Å². The van der Waals surface area contributed by atoms with Crippen LogP contribution in [0.5, 0.6) is 0 Å². The van der Waals surface area contributed by atoms with E-state index in [0.29, 0.717) is 12.1 Å². The minimum atomic E-state index is -0.200. The Labute approximate surface area is 108 Å². The third-order valence-corrected chi connectivity index (χ3v) is 3.49. The van der Waals surface area contributed by atoms with E-state index >= 15 is 0 Å². The first-order valence-corrected chi connectivity index (χ1v) is 5.68. The zero-order valence-electron chi connectivity index (χ0n) is 10.4. The molecule has 0 N–H and O–H groups in total. The van der Waals surface area contributed by atoms with Gasteiger partial charge >= 0.3 is 0 Å². The zero-order valence-corrected chi connectivity index (χ0v) is 11.2. The Hall–Kier alpha value is -0.640. The molecule has 1 aromatic rings. The van der Waals surface area contributed by atoms with Crippen molar-refractivity contribution >= 4 is 12.4 Å². The second kappa shape index (κ2) is 5.80. The lowest BCUT2D eigenvalue weighted by atomic mass is 9.99. The molecule has 2 nitrogen and oxygen atoms in total. The Morgan fingerprint density at radius 1 is 1.24 bits per heavy atom. The second-order valence-electron chi connectivity index (χ2n) is 4.56. The normalized spacial score (nSPS) is 29.8. The summed E-state index contributed by atoms with van der Waals surface area (Å²) in [7, 11) is 2.11. The largest absolute Gasteiger partial charge is 0.370 e. The fraction of sp³-hybridized carbons (Fsp3) is 0.538. The molecule has 96 valence electrons. The lowest BCUT2D eigenvalue weighted by molar-refractivity contribution is -0.0853. The van der Waals surface area contributed by atoms with Gasteiger partial charge in [-0.2, -0.15) is 0 Å². The third-order valence-electron chi connectivity index (χ3n) is 3.49. The van der Waals surface area contributed by atoms with Gasteiger partial charge in [0.1, 0.15) is 5.82 Å². The molecule has 0 bridgehead atoms. The quantitative estimate of drug-likeness (QED) is 0.769. The van der Waals surface area contributed by atoms with E-state index in [2.05, 4.69) is 25.8 Å². The highest BCUT2D eigenvalue weighted by Gasteiger charge is 2.31. The van der Waals surface area contributed by atoms with Crippen LogP contribution in [0.2, 0.25) is 0 Å². The van der Waals surface area contributed by atoms with Crippen molar-refractivity contribution in [1.29, 1.82) is 0 Å². The van der Waals surface area contributed by atoms with Crippen molar-refractivity contribution in [3.05, 3.63) is 35.6 Å². The van der Waals surface area contributed by atoms with Crippen LogP contribution < -0.4 is 0 Å². The molecule has 0 aromatic heterocycles. The molecule has 1 aliphatic heterocycles. The van der Waals surface area contributed by atoms with E-state index < -0.39 is 0 Å². The second-order valence-corrected chi connectivity index (χ2v) is 4.56. The minimum absolute atomic E-state index is 0. The predicted molar refractivity (Wildman–Crippen MR) is 69.0 cm³/mol. The molecule has 3 atom stereocenters. The third kappa shape index (κ3) is 2.97. The number of nitrogens with zero attached hydrogens (tertiary/aromatic N) is 1. The number of benzene rings is 1. The molecule has 0 unspecified atom stereocenters. The lowest BCUT2D eigenvalue weighted by Crippen LogP contribution is -2.48. The number of likely N-dealkylation sites (N-methyl/N-ethyl adjacent to an activating group) is 1. The van der Waals surface area contributed by atoms with Gasteiger partial charge in [-0.1, -0.05) is 12.1 Å². The van der Waals surface area contributed by atoms with E-state index in [9.17, 15) is 4.39 Å². The molecule has 0 amide bonds. The van der Waals surface area contributed by atoms with Crippen molar-refractivity contribution in [2.75, 3.05) is 13.7 Å². The maximum Gasteiger partial charge on any atom is 0.123 e. The van der Waals surface area contributed by atoms with Crippen LogP contribution in [0.25, 0.3) is 0 Å². The Balaban J connectivity index is 0.00000144. The summed E-state index contributed by atoms with van der Waals surface area (Å²) in [6.07, 6.45) is 0.0433. The van der Waals surface area contributed by atoms with Crippen molar-refractivity contribution in [3.63, 3.8) is 0 Å². The molecule has 1 saturated heterocycles. The van der Waals surface area contributed by atoms with Crippen molar-refractivity contribution in [2.24, 2.45) is 0 Å². The highest BCUT2D eigenvalue weighted by atomic mass is 35.5. The van der Waals surface area contributed by atoms with Crippen LogP contribution >= 0.6 is 12.4 Å². The molecule has 0 radical (unpaired) electrons. The molecule has 0 saturated carbocycles. The van der Waals surface area contributed by atoms with E-state index in [0.717, 1.165) is 12.2 Å². The summed E-state index contributed by atoms with van der Waals surface area (Å²) in [6.45, 7) is 5.02. The van der Waals surface area contributed by atoms with Crippen molar-refractivity contribution in [1.82, 2.24) is 4.90 Å². The summed E-state index contributed by atoms with van der Waals surface area (Å²) < 4.78 is 18.7. The highest BCUT2D eigenvalue weighted by molar-refractivity contribution is 5.85. The maximum absolute atomic E-state index is 12.8. The van der Waals surface area contributed by atoms with Gasteiger partial charge in [0.05, 0.1) is 12.7 Å². The van der Waals surface area contributed by atoms with E-state index in [-0.39, 0.29) is 24.3 Å². The van der Waals surface area contributed by atoms with Gasteiger partial charge in [-0.3, -0.25) is 4.90 Å². The number of ether oxygens (including phenoxy) is 1.